The van der Waals surface area contributed by atoms with Crippen LogP contribution in [0.25, 0.3) is 0 Å². The van der Waals surface area contributed by atoms with Gasteiger partial charge in [-0.05, 0) is 41.6 Å². The fourth-order valence-corrected chi connectivity index (χ4v) is 3.03. The highest BCUT2D eigenvalue weighted by atomic mass is 79.9. The second kappa shape index (κ2) is 3.99. The number of rotatable bonds is 2. The molecule has 2 aliphatic rings. The van der Waals surface area contributed by atoms with Gasteiger partial charge in [-0.25, -0.2) is 4.98 Å². The molecule has 0 saturated heterocycles. The van der Waals surface area contributed by atoms with Crippen molar-refractivity contribution in [3.8, 4) is 0 Å². The molecular formula is C12H15BrN2O. The predicted octanol–water partition coefficient (Wildman–Crippen LogP) is 3.07. The summed E-state index contributed by atoms with van der Waals surface area (Å²) in [5.41, 5.74) is 1.00. The Morgan fingerprint density at radius 2 is 1.81 bits per heavy atom. The molecule has 0 aromatic carbocycles. The zero-order chi connectivity index (χ0) is 11.1. The normalized spacial score (nSPS) is 21.6. The van der Waals surface area contributed by atoms with Gasteiger partial charge >= 0.3 is 0 Å². The predicted molar refractivity (Wildman–Crippen MR) is 65.7 cm³/mol. The molecule has 1 aromatic heterocycles. The van der Waals surface area contributed by atoms with E-state index in [2.05, 4.69) is 25.9 Å². The minimum atomic E-state index is -0.00111. The molecular weight excluding hydrogens is 268 g/mol. The lowest BCUT2D eigenvalue weighted by molar-refractivity contribution is 0.675. The molecule has 3 nitrogen and oxygen atoms in total. The van der Waals surface area contributed by atoms with Gasteiger partial charge in [0.2, 0.25) is 0 Å². The number of hydrogen-bond donors (Lipinski definition) is 1. The van der Waals surface area contributed by atoms with Gasteiger partial charge in [-0.2, -0.15) is 0 Å². The summed E-state index contributed by atoms with van der Waals surface area (Å²) >= 11 is 3.39. The van der Waals surface area contributed by atoms with Gasteiger partial charge in [-0.1, -0.05) is 12.8 Å². The number of H-pyrrole nitrogens is 1. The molecule has 0 atom stereocenters. The summed E-state index contributed by atoms with van der Waals surface area (Å²) < 4.78 is 0.656. The highest BCUT2D eigenvalue weighted by Gasteiger charge is 2.29. The van der Waals surface area contributed by atoms with E-state index in [0.717, 1.165) is 11.5 Å². The number of nitrogens with zero attached hydrogens (tertiary/aromatic N) is 1. The zero-order valence-electron chi connectivity index (χ0n) is 9.13. The first-order chi connectivity index (χ1) is 7.75. The summed E-state index contributed by atoms with van der Waals surface area (Å²) in [7, 11) is 0. The summed E-state index contributed by atoms with van der Waals surface area (Å²) in [4.78, 5) is 19.4. The third-order valence-corrected chi connectivity index (χ3v) is 4.38. The molecule has 4 heteroatoms. The van der Waals surface area contributed by atoms with Crippen molar-refractivity contribution in [2.75, 3.05) is 0 Å². The second-order valence-electron chi connectivity index (χ2n) is 4.91. The molecule has 0 amide bonds. The molecule has 0 radical (unpaired) electrons. The van der Waals surface area contributed by atoms with Crippen molar-refractivity contribution < 1.29 is 0 Å². The molecule has 2 fully saturated rings. The smallest absolute Gasteiger partial charge is 0.265 e. The van der Waals surface area contributed by atoms with Gasteiger partial charge in [0.25, 0.3) is 5.56 Å². The van der Waals surface area contributed by atoms with Crippen LogP contribution >= 0.6 is 15.9 Å². The average molecular weight is 283 g/mol. The van der Waals surface area contributed by atoms with Crippen molar-refractivity contribution in [2.24, 2.45) is 0 Å². The van der Waals surface area contributed by atoms with Crippen LogP contribution in [-0.4, -0.2) is 9.97 Å². The minimum absolute atomic E-state index is 0.00111. The van der Waals surface area contributed by atoms with E-state index >= 15 is 0 Å². The number of halogens is 1. The minimum Gasteiger partial charge on any atom is -0.309 e. The Hall–Kier alpha value is -0.640. The highest BCUT2D eigenvalue weighted by Crippen LogP contribution is 2.40. The summed E-state index contributed by atoms with van der Waals surface area (Å²) in [6.45, 7) is 0. The molecule has 16 heavy (non-hydrogen) atoms. The fourth-order valence-electron chi connectivity index (χ4n) is 2.51. The first-order valence-electron chi connectivity index (χ1n) is 6.05. The number of hydrogen-bond acceptors (Lipinski definition) is 2. The lowest BCUT2D eigenvalue weighted by atomic mass is 10.0. The van der Waals surface area contributed by atoms with E-state index in [9.17, 15) is 4.79 Å². The fraction of sp³-hybridized carbons (Fsp3) is 0.667. The number of aromatic amines is 1. The molecule has 0 bridgehead atoms. The van der Waals surface area contributed by atoms with Crippen LogP contribution in [0.3, 0.4) is 0 Å². The molecule has 0 unspecified atom stereocenters. The van der Waals surface area contributed by atoms with Gasteiger partial charge in [0.05, 0.1) is 5.69 Å². The summed E-state index contributed by atoms with van der Waals surface area (Å²) in [6.07, 6.45) is 7.25. The third kappa shape index (κ3) is 1.83. The quantitative estimate of drug-likeness (QED) is 0.906. The van der Waals surface area contributed by atoms with Crippen molar-refractivity contribution in [3.05, 3.63) is 26.3 Å². The van der Waals surface area contributed by atoms with Gasteiger partial charge in [0.1, 0.15) is 10.3 Å². The molecule has 1 N–H and O–H groups in total. The Labute approximate surface area is 103 Å². The zero-order valence-corrected chi connectivity index (χ0v) is 10.7. The van der Waals surface area contributed by atoms with Crippen LogP contribution in [0.4, 0.5) is 0 Å². The maximum absolute atomic E-state index is 11.8. The van der Waals surface area contributed by atoms with E-state index in [1.165, 1.54) is 38.5 Å². The number of nitrogens with one attached hydrogen (secondary N) is 1. The lowest BCUT2D eigenvalue weighted by Crippen LogP contribution is -2.16. The van der Waals surface area contributed by atoms with Gasteiger partial charge < -0.3 is 4.98 Å². The summed E-state index contributed by atoms with van der Waals surface area (Å²) in [5, 5.41) is 0. The maximum Gasteiger partial charge on any atom is 0.265 e. The van der Waals surface area contributed by atoms with Gasteiger partial charge in [0, 0.05) is 11.8 Å². The molecule has 3 rings (SSSR count). The summed E-state index contributed by atoms with van der Waals surface area (Å²) in [5.74, 6) is 1.92. The van der Waals surface area contributed by atoms with E-state index in [1.54, 1.807) is 0 Å². The first kappa shape index (κ1) is 10.5. The van der Waals surface area contributed by atoms with Crippen LogP contribution < -0.4 is 5.56 Å². The highest BCUT2D eigenvalue weighted by molar-refractivity contribution is 9.10. The van der Waals surface area contributed by atoms with Gasteiger partial charge in [0.15, 0.2) is 0 Å². The van der Waals surface area contributed by atoms with E-state index < -0.39 is 0 Å². The van der Waals surface area contributed by atoms with Crippen molar-refractivity contribution in [1.82, 2.24) is 9.97 Å². The Bertz CT molecular complexity index is 459. The monoisotopic (exact) mass is 282 g/mol. The molecule has 0 aliphatic heterocycles. The largest absolute Gasteiger partial charge is 0.309 e. The Kier molecular flexibility index (Phi) is 2.62. The van der Waals surface area contributed by atoms with Crippen LogP contribution in [0, 0.1) is 0 Å². The van der Waals surface area contributed by atoms with Crippen LogP contribution in [0.2, 0.25) is 0 Å². The van der Waals surface area contributed by atoms with Crippen LogP contribution in [0.1, 0.15) is 61.9 Å². The van der Waals surface area contributed by atoms with E-state index in [1.807, 2.05) is 0 Å². The molecule has 2 saturated carbocycles. The maximum atomic E-state index is 11.8. The number of aromatic nitrogens is 2. The summed E-state index contributed by atoms with van der Waals surface area (Å²) in [6, 6.07) is 0. The van der Waals surface area contributed by atoms with E-state index in [0.29, 0.717) is 16.3 Å². The Morgan fingerprint density at radius 3 is 2.44 bits per heavy atom. The van der Waals surface area contributed by atoms with Crippen molar-refractivity contribution >= 4 is 15.9 Å². The van der Waals surface area contributed by atoms with Crippen LogP contribution in [-0.2, 0) is 0 Å². The van der Waals surface area contributed by atoms with Gasteiger partial charge in [-0.15, -0.1) is 0 Å². The van der Waals surface area contributed by atoms with E-state index in [-0.39, 0.29) is 5.56 Å². The topological polar surface area (TPSA) is 45.8 Å². The lowest BCUT2D eigenvalue weighted by Gasteiger charge is -2.11. The molecule has 0 spiro atoms. The molecule has 2 aliphatic carbocycles. The SMILES string of the molecule is O=c1[nH]c(C2CC2)nc(C2CCCC2)c1Br. The van der Waals surface area contributed by atoms with Gasteiger partial charge in [-0.3, -0.25) is 4.79 Å². The second-order valence-corrected chi connectivity index (χ2v) is 5.70. The Balaban J connectivity index is 2.03. The van der Waals surface area contributed by atoms with Crippen LogP contribution in [0.5, 0.6) is 0 Å². The Morgan fingerprint density at radius 1 is 1.12 bits per heavy atom. The first-order valence-corrected chi connectivity index (χ1v) is 6.84. The molecule has 1 heterocycles. The third-order valence-electron chi connectivity index (χ3n) is 3.61. The van der Waals surface area contributed by atoms with Crippen LogP contribution in [0.15, 0.2) is 9.27 Å². The average Bonchev–Trinajstić information content (AvgIpc) is 2.98. The molecule has 1 aromatic rings. The van der Waals surface area contributed by atoms with Crippen molar-refractivity contribution in [3.63, 3.8) is 0 Å². The van der Waals surface area contributed by atoms with E-state index in [4.69, 9.17) is 0 Å². The van der Waals surface area contributed by atoms with Crippen molar-refractivity contribution in [2.45, 2.75) is 50.4 Å². The standard InChI is InChI=1S/C12H15BrN2O/c13-9-10(7-3-1-2-4-7)14-11(8-5-6-8)15-12(9)16/h7-8H,1-6H2,(H,14,15,16). The van der Waals surface area contributed by atoms with Crippen molar-refractivity contribution in [1.29, 1.82) is 0 Å². The molecule has 86 valence electrons.